The van der Waals surface area contributed by atoms with E-state index in [0.29, 0.717) is 41.7 Å². The van der Waals surface area contributed by atoms with Gasteiger partial charge in [0.15, 0.2) is 5.78 Å². The van der Waals surface area contributed by atoms with Crippen LogP contribution < -0.4 is 5.32 Å². The number of hydrogen-bond donors (Lipinski definition) is 1. The van der Waals surface area contributed by atoms with Crippen LogP contribution in [-0.2, 0) is 14.3 Å². The van der Waals surface area contributed by atoms with Gasteiger partial charge >= 0.3 is 5.97 Å². The van der Waals surface area contributed by atoms with E-state index in [4.69, 9.17) is 4.74 Å². The van der Waals surface area contributed by atoms with Gasteiger partial charge in [0.2, 0.25) is 0 Å². The number of rotatable bonds is 6. The summed E-state index contributed by atoms with van der Waals surface area (Å²) in [5.41, 5.74) is 4.06. The second-order valence-corrected chi connectivity index (χ2v) is 8.90. The van der Waals surface area contributed by atoms with E-state index in [1.54, 1.807) is 12.1 Å². The van der Waals surface area contributed by atoms with Crippen molar-refractivity contribution in [3.8, 4) is 0 Å². The number of nitrogens with one attached hydrogen (secondary N) is 1. The van der Waals surface area contributed by atoms with Crippen LogP contribution in [0, 0.1) is 10.1 Å². The molecule has 0 radical (unpaired) electrons. The van der Waals surface area contributed by atoms with E-state index in [2.05, 4.69) is 5.32 Å². The predicted octanol–water partition coefficient (Wildman–Crippen LogP) is 5.30. The van der Waals surface area contributed by atoms with Gasteiger partial charge in [0, 0.05) is 41.4 Å². The molecule has 0 aromatic heterocycles. The predicted molar refractivity (Wildman–Crippen MR) is 128 cm³/mol. The van der Waals surface area contributed by atoms with Crippen LogP contribution >= 0.6 is 0 Å². The van der Waals surface area contributed by atoms with E-state index in [1.807, 2.05) is 51.1 Å². The van der Waals surface area contributed by atoms with Crippen LogP contribution in [0.1, 0.15) is 63.0 Å². The lowest BCUT2D eigenvalue weighted by Gasteiger charge is -2.37. The Balaban J connectivity index is 1.79. The van der Waals surface area contributed by atoms with Crippen molar-refractivity contribution in [1.82, 2.24) is 5.32 Å². The number of esters is 1. The number of nitro groups is 1. The first-order valence-electron chi connectivity index (χ1n) is 11.5. The number of carbonyl (C=O) groups is 2. The molecule has 0 saturated carbocycles. The number of dihydropyridines is 1. The molecule has 34 heavy (non-hydrogen) atoms. The third-order valence-corrected chi connectivity index (χ3v) is 6.64. The van der Waals surface area contributed by atoms with Gasteiger partial charge in [-0.3, -0.25) is 14.9 Å². The van der Waals surface area contributed by atoms with Crippen molar-refractivity contribution in [2.45, 2.75) is 58.0 Å². The Hall–Kier alpha value is -3.74. The average molecular weight is 461 g/mol. The molecule has 1 N–H and O–H groups in total. The Bertz CT molecular complexity index is 1180. The molecule has 0 amide bonds. The van der Waals surface area contributed by atoms with Gasteiger partial charge in [0.25, 0.3) is 5.69 Å². The van der Waals surface area contributed by atoms with Crippen LogP contribution in [0.4, 0.5) is 5.69 Å². The van der Waals surface area contributed by atoms with Crippen LogP contribution in [0.25, 0.3) is 0 Å². The Morgan fingerprint density at radius 3 is 2.41 bits per heavy atom. The minimum absolute atomic E-state index is 0.0349. The molecular weight excluding hydrogens is 432 g/mol. The summed E-state index contributed by atoms with van der Waals surface area (Å²) in [6.45, 7) is 5.57. The monoisotopic (exact) mass is 460 g/mol. The Morgan fingerprint density at radius 1 is 1.12 bits per heavy atom. The summed E-state index contributed by atoms with van der Waals surface area (Å²) in [7, 11) is 0. The van der Waals surface area contributed by atoms with Crippen molar-refractivity contribution in [3.05, 3.63) is 98.4 Å². The summed E-state index contributed by atoms with van der Waals surface area (Å²) in [5.74, 6) is -1.11. The van der Waals surface area contributed by atoms with Gasteiger partial charge in [-0.05, 0) is 43.7 Å². The first-order chi connectivity index (χ1) is 16.3. The van der Waals surface area contributed by atoms with Crippen molar-refractivity contribution in [1.29, 1.82) is 0 Å². The lowest BCUT2D eigenvalue weighted by molar-refractivity contribution is -0.384. The van der Waals surface area contributed by atoms with Crippen molar-refractivity contribution >= 4 is 17.4 Å². The number of nitrogens with zero attached hydrogens (tertiary/aromatic N) is 1. The van der Waals surface area contributed by atoms with Crippen LogP contribution in [0.2, 0.25) is 0 Å². The van der Waals surface area contributed by atoms with Gasteiger partial charge in [-0.1, -0.05) is 49.4 Å². The van der Waals surface area contributed by atoms with Gasteiger partial charge < -0.3 is 10.1 Å². The van der Waals surface area contributed by atoms with Crippen LogP contribution in [0.3, 0.4) is 0 Å². The molecule has 1 aliphatic carbocycles. The second-order valence-electron chi connectivity index (χ2n) is 8.90. The van der Waals surface area contributed by atoms with Crippen molar-refractivity contribution in [2.75, 3.05) is 0 Å². The number of benzene rings is 2. The second kappa shape index (κ2) is 9.63. The maximum atomic E-state index is 13.5. The summed E-state index contributed by atoms with van der Waals surface area (Å²) in [6, 6.07) is 16.0. The first-order valence-corrected chi connectivity index (χ1v) is 11.5. The van der Waals surface area contributed by atoms with E-state index < -0.39 is 16.8 Å². The summed E-state index contributed by atoms with van der Waals surface area (Å²) in [5, 5.41) is 14.5. The molecule has 4 rings (SSSR count). The zero-order valence-electron chi connectivity index (χ0n) is 19.5. The SMILES string of the molecule is CC[C@H](C)OC(=O)C1=C(C)NC2=C(C(=O)C[C@@H](c3ccccc3)C2)[C@H]1c1ccc([N+](=O)[O-])cc1. The van der Waals surface area contributed by atoms with Gasteiger partial charge in [0.05, 0.1) is 16.6 Å². The highest BCUT2D eigenvalue weighted by Gasteiger charge is 2.41. The maximum absolute atomic E-state index is 13.5. The number of hydrogen-bond acceptors (Lipinski definition) is 6. The largest absolute Gasteiger partial charge is 0.459 e. The molecule has 0 saturated heterocycles. The fourth-order valence-electron chi connectivity index (χ4n) is 4.72. The van der Waals surface area contributed by atoms with Gasteiger partial charge in [-0.25, -0.2) is 4.79 Å². The molecule has 0 bridgehead atoms. The number of nitro benzene ring substituents is 1. The normalized spacial score (nSPS) is 21.0. The van der Waals surface area contributed by atoms with Gasteiger partial charge in [-0.2, -0.15) is 0 Å². The van der Waals surface area contributed by atoms with Crippen LogP contribution in [0.5, 0.6) is 0 Å². The smallest absolute Gasteiger partial charge is 0.337 e. The van der Waals surface area contributed by atoms with Crippen molar-refractivity contribution in [3.63, 3.8) is 0 Å². The zero-order valence-corrected chi connectivity index (χ0v) is 19.5. The Labute approximate surface area is 198 Å². The molecule has 1 heterocycles. The van der Waals surface area contributed by atoms with Gasteiger partial charge in [0.1, 0.15) is 0 Å². The van der Waals surface area contributed by atoms with Crippen molar-refractivity contribution in [2.24, 2.45) is 0 Å². The van der Waals surface area contributed by atoms with Crippen LogP contribution in [-0.4, -0.2) is 22.8 Å². The number of carbonyl (C=O) groups excluding carboxylic acids is 2. The number of ether oxygens (including phenoxy) is 1. The summed E-state index contributed by atoms with van der Waals surface area (Å²) in [6.07, 6.45) is 1.37. The number of non-ortho nitro benzene ring substituents is 1. The molecule has 2 aromatic carbocycles. The van der Waals surface area contributed by atoms with E-state index in [-0.39, 0.29) is 23.5 Å². The highest BCUT2D eigenvalue weighted by Crippen LogP contribution is 2.46. The standard InChI is InChI=1S/C27H28N2O5/c1-4-16(2)34-27(31)24-17(3)28-22-14-20(18-8-6-5-7-9-18)15-23(30)26(22)25(24)19-10-12-21(13-11-19)29(32)33/h5-13,16,20,25,28H,4,14-15H2,1-3H3/t16-,20-,25-/m0/s1. The Morgan fingerprint density at radius 2 is 1.79 bits per heavy atom. The van der Waals surface area contributed by atoms with Crippen molar-refractivity contribution < 1.29 is 19.2 Å². The quantitative estimate of drug-likeness (QED) is 0.357. The molecule has 0 unspecified atom stereocenters. The van der Waals surface area contributed by atoms with E-state index in [9.17, 15) is 19.7 Å². The summed E-state index contributed by atoms with van der Waals surface area (Å²) in [4.78, 5) is 37.5. The molecule has 7 nitrogen and oxygen atoms in total. The number of Topliss-reactive ketones (excluding diaryl/α,β-unsaturated/α-hetero) is 1. The Kier molecular flexibility index (Phi) is 6.63. The molecule has 176 valence electrons. The maximum Gasteiger partial charge on any atom is 0.337 e. The minimum Gasteiger partial charge on any atom is -0.459 e. The molecular formula is C27H28N2O5. The van der Waals surface area contributed by atoms with Gasteiger partial charge in [-0.15, -0.1) is 0 Å². The molecule has 0 fully saturated rings. The molecule has 7 heteroatoms. The molecule has 1 aliphatic heterocycles. The van der Waals surface area contributed by atoms with Crippen LogP contribution in [0.15, 0.2) is 77.1 Å². The fourth-order valence-corrected chi connectivity index (χ4v) is 4.72. The molecule has 2 aliphatic rings. The third-order valence-electron chi connectivity index (χ3n) is 6.64. The van der Waals surface area contributed by atoms with E-state index >= 15 is 0 Å². The fraction of sp³-hybridized carbons (Fsp3) is 0.333. The van der Waals surface area contributed by atoms with E-state index in [0.717, 1.165) is 11.3 Å². The van der Waals surface area contributed by atoms with E-state index in [1.165, 1.54) is 12.1 Å². The minimum atomic E-state index is -0.641. The third kappa shape index (κ3) is 4.51. The summed E-state index contributed by atoms with van der Waals surface area (Å²) >= 11 is 0. The topological polar surface area (TPSA) is 98.5 Å². The molecule has 2 aromatic rings. The first kappa shape index (κ1) is 23.4. The highest BCUT2D eigenvalue weighted by atomic mass is 16.6. The lowest BCUT2D eigenvalue weighted by atomic mass is 9.71. The summed E-state index contributed by atoms with van der Waals surface area (Å²) < 4.78 is 5.65. The number of ketones is 1. The zero-order chi connectivity index (χ0) is 24.4. The molecule has 3 atom stereocenters. The molecule has 0 spiro atoms. The number of allylic oxidation sites excluding steroid dienone is 3. The lowest BCUT2D eigenvalue weighted by Crippen LogP contribution is -2.36. The average Bonchev–Trinajstić information content (AvgIpc) is 2.83. The highest BCUT2D eigenvalue weighted by molar-refractivity contribution is 6.04.